The van der Waals surface area contributed by atoms with Crippen LogP contribution in [0, 0.1) is 0 Å². The maximum absolute atomic E-state index is 12.7. The van der Waals surface area contributed by atoms with Crippen molar-refractivity contribution in [2.75, 3.05) is 6.54 Å². The van der Waals surface area contributed by atoms with E-state index >= 15 is 0 Å². The van der Waals surface area contributed by atoms with Crippen LogP contribution in [0.5, 0.6) is 0 Å². The molecule has 26 heavy (non-hydrogen) atoms. The van der Waals surface area contributed by atoms with Crippen molar-refractivity contribution in [2.24, 2.45) is 0 Å². The van der Waals surface area contributed by atoms with Gasteiger partial charge in [-0.05, 0) is 24.1 Å². The maximum Gasteiger partial charge on any atom is 0.252 e. The van der Waals surface area contributed by atoms with E-state index in [0.717, 1.165) is 28.3 Å². The third kappa shape index (κ3) is 4.96. The summed E-state index contributed by atoms with van der Waals surface area (Å²) < 4.78 is 0. The van der Waals surface area contributed by atoms with Gasteiger partial charge in [-0.15, -0.1) is 23.1 Å². The van der Waals surface area contributed by atoms with Crippen molar-refractivity contribution in [2.45, 2.75) is 29.9 Å². The number of thiazole rings is 1. The van der Waals surface area contributed by atoms with E-state index in [1.165, 1.54) is 5.56 Å². The molecule has 1 amide bonds. The molecule has 0 saturated heterocycles. The number of rotatable bonds is 8. The summed E-state index contributed by atoms with van der Waals surface area (Å²) in [5.41, 5.74) is 4.88. The van der Waals surface area contributed by atoms with Crippen molar-refractivity contribution in [3.05, 3.63) is 82.3 Å². The molecular weight excluding hydrogens is 360 g/mol. The zero-order valence-electron chi connectivity index (χ0n) is 14.7. The van der Waals surface area contributed by atoms with E-state index in [1.54, 1.807) is 23.1 Å². The lowest BCUT2D eigenvalue weighted by Gasteiger charge is -2.17. The van der Waals surface area contributed by atoms with Gasteiger partial charge < -0.3 is 5.32 Å². The summed E-state index contributed by atoms with van der Waals surface area (Å²) in [5.74, 6) is 1.09. The quantitative estimate of drug-likeness (QED) is 0.533. The maximum atomic E-state index is 12.7. The van der Waals surface area contributed by atoms with Gasteiger partial charge in [-0.25, -0.2) is 4.98 Å². The number of amides is 1. The number of thioether (sulfide) groups is 1. The third-order valence-electron chi connectivity index (χ3n) is 4.26. The molecule has 0 fully saturated rings. The molecule has 0 saturated carbocycles. The molecular formula is C21H22N2OS2. The van der Waals surface area contributed by atoms with E-state index in [0.29, 0.717) is 12.5 Å². The van der Waals surface area contributed by atoms with E-state index in [1.807, 2.05) is 53.4 Å². The molecule has 134 valence electrons. The van der Waals surface area contributed by atoms with Crippen LogP contribution >= 0.6 is 23.1 Å². The van der Waals surface area contributed by atoms with Crippen LogP contribution in [0.3, 0.4) is 0 Å². The molecule has 3 rings (SSSR count). The molecule has 1 N–H and O–H groups in total. The van der Waals surface area contributed by atoms with Crippen molar-refractivity contribution >= 4 is 29.0 Å². The second-order valence-corrected chi connectivity index (χ2v) is 7.73. The molecule has 0 aliphatic rings. The lowest BCUT2D eigenvalue weighted by Crippen LogP contribution is -2.28. The van der Waals surface area contributed by atoms with Gasteiger partial charge in [0.15, 0.2) is 0 Å². The first-order chi connectivity index (χ1) is 12.8. The number of carbonyl (C=O) groups excluding carboxylic acids is 1. The lowest BCUT2D eigenvalue weighted by atomic mass is 9.96. The second kappa shape index (κ2) is 9.55. The van der Waals surface area contributed by atoms with Crippen LogP contribution < -0.4 is 5.32 Å². The van der Waals surface area contributed by atoms with Gasteiger partial charge in [0.2, 0.25) is 0 Å². The van der Waals surface area contributed by atoms with Crippen molar-refractivity contribution in [3.8, 4) is 0 Å². The molecule has 2 aromatic carbocycles. The Hall–Kier alpha value is -2.11. The largest absolute Gasteiger partial charge is 0.351 e. The molecule has 3 aromatic rings. The summed E-state index contributed by atoms with van der Waals surface area (Å²) in [6.07, 6.45) is 0.991. The topological polar surface area (TPSA) is 42.0 Å². The molecule has 0 unspecified atom stereocenters. The Balaban J connectivity index is 1.64. The van der Waals surface area contributed by atoms with E-state index in [9.17, 15) is 4.79 Å². The van der Waals surface area contributed by atoms with Gasteiger partial charge in [-0.3, -0.25) is 4.79 Å². The summed E-state index contributed by atoms with van der Waals surface area (Å²) in [6.45, 7) is 2.80. The van der Waals surface area contributed by atoms with Gasteiger partial charge in [0, 0.05) is 28.5 Å². The Bertz CT molecular complexity index is 819. The summed E-state index contributed by atoms with van der Waals surface area (Å²) in [5, 5.41) is 5.16. The molecule has 0 bridgehead atoms. The Morgan fingerprint density at radius 2 is 1.92 bits per heavy atom. The first-order valence-electron chi connectivity index (χ1n) is 8.70. The molecule has 1 aromatic heterocycles. The average Bonchev–Trinajstić information content (AvgIpc) is 3.21. The summed E-state index contributed by atoms with van der Waals surface area (Å²) in [4.78, 5) is 18.0. The van der Waals surface area contributed by atoms with Gasteiger partial charge in [0.05, 0.1) is 16.8 Å². The lowest BCUT2D eigenvalue weighted by molar-refractivity contribution is 0.0948. The van der Waals surface area contributed by atoms with Crippen LogP contribution in [-0.4, -0.2) is 17.4 Å². The number of nitrogens with zero attached hydrogens (tertiary/aromatic N) is 1. The average molecular weight is 383 g/mol. The van der Waals surface area contributed by atoms with E-state index in [4.69, 9.17) is 0 Å². The van der Waals surface area contributed by atoms with Crippen molar-refractivity contribution < 1.29 is 4.79 Å². The zero-order chi connectivity index (χ0) is 18.2. The summed E-state index contributed by atoms with van der Waals surface area (Å²) >= 11 is 3.25. The predicted molar refractivity (Wildman–Crippen MR) is 110 cm³/mol. The Morgan fingerprint density at radius 1 is 1.15 bits per heavy atom. The molecule has 0 aliphatic carbocycles. The molecule has 1 atom stereocenters. The fraction of sp³-hybridized carbons (Fsp3) is 0.238. The highest BCUT2D eigenvalue weighted by atomic mass is 32.2. The number of benzene rings is 2. The first kappa shape index (κ1) is 18.7. The van der Waals surface area contributed by atoms with E-state index < -0.39 is 0 Å². The van der Waals surface area contributed by atoms with Gasteiger partial charge in [0.1, 0.15) is 0 Å². The first-order valence-corrected chi connectivity index (χ1v) is 10.6. The molecule has 3 nitrogen and oxygen atoms in total. The fourth-order valence-corrected chi connectivity index (χ4v) is 4.39. The summed E-state index contributed by atoms with van der Waals surface area (Å²) in [7, 11) is 0. The molecule has 0 spiro atoms. The van der Waals surface area contributed by atoms with Gasteiger partial charge in [0.25, 0.3) is 5.91 Å². The highest BCUT2D eigenvalue weighted by molar-refractivity contribution is 7.98. The summed E-state index contributed by atoms with van der Waals surface area (Å²) in [6, 6.07) is 18.1. The number of hydrogen-bond donors (Lipinski definition) is 1. The number of carbonyl (C=O) groups is 1. The van der Waals surface area contributed by atoms with Crippen LogP contribution in [0.15, 0.2) is 70.4 Å². The molecule has 5 heteroatoms. The van der Waals surface area contributed by atoms with Gasteiger partial charge in [-0.1, -0.05) is 49.4 Å². The minimum atomic E-state index is -0.0132. The Kier molecular flexibility index (Phi) is 6.86. The van der Waals surface area contributed by atoms with Crippen LogP contribution in [0.25, 0.3) is 0 Å². The van der Waals surface area contributed by atoms with Gasteiger partial charge in [-0.2, -0.15) is 0 Å². The van der Waals surface area contributed by atoms with Crippen molar-refractivity contribution in [3.63, 3.8) is 0 Å². The standard InChI is InChI=1S/C21H22N2OS2/c1-2-16(17-8-4-3-5-9-17)12-22-21(24)19-10-6-7-11-20(19)26-14-18-13-25-15-23-18/h3-11,13,15-16H,2,12,14H2,1H3,(H,22,24)/t16-/m1/s1. The SMILES string of the molecule is CC[C@H](CNC(=O)c1ccccc1SCc1cscn1)c1ccccc1. The monoisotopic (exact) mass is 382 g/mol. The second-order valence-electron chi connectivity index (χ2n) is 5.99. The normalized spacial score (nSPS) is 11.9. The van der Waals surface area contributed by atoms with Gasteiger partial charge >= 0.3 is 0 Å². The Labute approximate surface area is 162 Å². The smallest absolute Gasteiger partial charge is 0.252 e. The van der Waals surface area contributed by atoms with Crippen molar-refractivity contribution in [1.29, 1.82) is 0 Å². The third-order valence-corrected chi connectivity index (χ3v) is 6.01. The van der Waals surface area contributed by atoms with E-state index in [-0.39, 0.29) is 5.91 Å². The number of aromatic nitrogens is 1. The predicted octanol–water partition coefficient (Wildman–Crippen LogP) is 5.36. The van der Waals surface area contributed by atoms with E-state index in [2.05, 4.69) is 29.4 Å². The van der Waals surface area contributed by atoms with Crippen molar-refractivity contribution in [1.82, 2.24) is 10.3 Å². The highest BCUT2D eigenvalue weighted by Gasteiger charge is 2.15. The van der Waals surface area contributed by atoms with Crippen LogP contribution in [0.1, 0.15) is 40.9 Å². The minimum Gasteiger partial charge on any atom is -0.351 e. The van der Waals surface area contributed by atoms with Crippen LogP contribution in [-0.2, 0) is 5.75 Å². The number of hydrogen-bond acceptors (Lipinski definition) is 4. The number of nitrogens with one attached hydrogen (secondary N) is 1. The Morgan fingerprint density at radius 3 is 2.65 bits per heavy atom. The van der Waals surface area contributed by atoms with Crippen LogP contribution in [0.2, 0.25) is 0 Å². The molecule has 0 radical (unpaired) electrons. The molecule has 1 heterocycles. The minimum absolute atomic E-state index is 0.0132. The zero-order valence-corrected chi connectivity index (χ0v) is 16.4. The van der Waals surface area contributed by atoms with Crippen LogP contribution in [0.4, 0.5) is 0 Å². The highest BCUT2D eigenvalue weighted by Crippen LogP contribution is 2.26. The molecule has 0 aliphatic heterocycles. The fourth-order valence-electron chi connectivity index (χ4n) is 2.77.